The van der Waals surface area contributed by atoms with Crippen molar-refractivity contribution in [2.24, 2.45) is 0 Å². The van der Waals surface area contributed by atoms with Crippen LogP contribution in [-0.2, 0) is 16.1 Å². The molecule has 1 saturated heterocycles. The molecular weight excluding hydrogens is 210 g/mol. The Morgan fingerprint density at radius 3 is 2.81 bits per heavy atom. The van der Waals surface area contributed by atoms with Crippen LogP contribution in [0.4, 0.5) is 0 Å². The van der Waals surface area contributed by atoms with Crippen molar-refractivity contribution < 1.29 is 18.7 Å². The van der Waals surface area contributed by atoms with E-state index in [0.29, 0.717) is 12.3 Å². The molecule has 0 saturated carbocycles. The Bertz CT molecular complexity index is 379. The van der Waals surface area contributed by atoms with Crippen molar-refractivity contribution in [1.29, 1.82) is 0 Å². The minimum Gasteiger partial charge on any atom is -0.456 e. The van der Waals surface area contributed by atoms with Crippen LogP contribution >= 0.6 is 0 Å². The van der Waals surface area contributed by atoms with Gasteiger partial charge in [-0.3, -0.25) is 14.5 Å². The fourth-order valence-corrected chi connectivity index (χ4v) is 1.63. The van der Waals surface area contributed by atoms with Crippen molar-refractivity contribution in [3.05, 3.63) is 23.7 Å². The number of nitrogens with zero attached hydrogens (tertiary/aromatic N) is 1. The van der Waals surface area contributed by atoms with Crippen LogP contribution in [0.1, 0.15) is 16.3 Å². The first-order valence-corrected chi connectivity index (χ1v) is 5.18. The van der Waals surface area contributed by atoms with E-state index in [0.717, 1.165) is 26.3 Å². The zero-order chi connectivity index (χ0) is 11.4. The SMILES string of the molecule is O=CC(=O)c1ccc(CN2CCOCC2)o1. The molecule has 1 aromatic rings. The predicted molar refractivity (Wildman–Crippen MR) is 55.2 cm³/mol. The van der Waals surface area contributed by atoms with Crippen molar-refractivity contribution >= 4 is 12.1 Å². The summed E-state index contributed by atoms with van der Waals surface area (Å²) in [5, 5.41) is 0. The highest BCUT2D eigenvalue weighted by atomic mass is 16.5. The van der Waals surface area contributed by atoms with Crippen LogP contribution in [0.3, 0.4) is 0 Å². The molecule has 5 heteroatoms. The lowest BCUT2D eigenvalue weighted by atomic mass is 10.3. The van der Waals surface area contributed by atoms with E-state index in [9.17, 15) is 9.59 Å². The number of furan rings is 1. The third-order valence-corrected chi connectivity index (χ3v) is 2.49. The van der Waals surface area contributed by atoms with Gasteiger partial charge in [0.05, 0.1) is 19.8 Å². The number of hydrogen-bond donors (Lipinski definition) is 0. The summed E-state index contributed by atoms with van der Waals surface area (Å²) in [6.45, 7) is 3.81. The number of ketones is 1. The molecule has 16 heavy (non-hydrogen) atoms. The molecule has 1 aromatic heterocycles. The summed E-state index contributed by atoms with van der Waals surface area (Å²) in [7, 11) is 0. The van der Waals surface area contributed by atoms with Crippen LogP contribution in [-0.4, -0.2) is 43.3 Å². The molecule has 0 spiro atoms. The van der Waals surface area contributed by atoms with Crippen molar-refractivity contribution in [3.63, 3.8) is 0 Å². The van der Waals surface area contributed by atoms with Crippen LogP contribution < -0.4 is 0 Å². The highest BCUT2D eigenvalue weighted by Gasteiger charge is 2.14. The van der Waals surface area contributed by atoms with Gasteiger partial charge in [0, 0.05) is 13.1 Å². The summed E-state index contributed by atoms with van der Waals surface area (Å²) in [5.74, 6) is 0.193. The summed E-state index contributed by atoms with van der Waals surface area (Å²) in [6.07, 6.45) is 0.261. The first-order chi connectivity index (χ1) is 7.79. The van der Waals surface area contributed by atoms with Gasteiger partial charge in [-0.1, -0.05) is 0 Å². The summed E-state index contributed by atoms with van der Waals surface area (Å²) < 4.78 is 10.5. The number of carbonyl (C=O) groups is 2. The maximum absolute atomic E-state index is 11.0. The fourth-order valence-electron chi connectivity index (χ4n) is 1.63. The number of hydrogen-bond acceptors (Lipinski definition) is 5. The van der Waals surface area contributed by atoms with E-state index in [2.05, 4.69) is 4.90 Å². The molecule has 1 aliphatic heterocycles. The van der Waals surface area contributed by atoms with Crippen molar-refractivity contribution in [3.8, 4) is 0 Å². The van der Waals surface area contributed by atoms with E-state index in [1.165, 1.54) is 6.07 Å². The van der Waals surface area contributed by atoms with E-state index in [-0.39, 0.29) is 12.0 Å². The molecule has 2 rings (SSSR count). The van der Waals surface area contributed by atoms with E-state index in [1.54, 1.807) is 6.07 Å². The molecule has 0 bridgehead atoms. The Kier molecular flexibility index (Phi) is 3.48. The second-order valence-electron chi connectivity index (χ2n) is 3.64. The molecule has 2 heterocycles. The molecular formula is C11H13NO4. The van der Waals surface area contributed by atoms with E-state index >= 15 is 0 Å². The van der Waals surface area contributed by atoms with Gasteiger partial charge >= 0.3 is 0 Å². The van der Waals surface area contributed by atoms with Gasteiger partial charge in [0.2, 0.25) is 0 Å². The Labute approximate surface area is 93.0 Å². The van der Waals surface area contributed by atoms with Gasteiger partial charge in [0.25, 0.3) is 5.78 Å². The number of carbonyl (C=O) groups excluding carboxylic acids is 2. The lowest BCUT2D eigenvalue weighted by molar-refractivity contribution is -0.104. The molecule has 86 valence electrons. The Morgan fingerprint density at radius 1 is 1.38 bits per heavy atom. The molecule has 0 aromatic carbocycles. The zero-order valence-corrected chi connectivity index (χ0v) is 8.85. The lowest BCUT2D eigenvalue weighted by Gasteiger charge is -2.25. The van der Waals surface area contributed by atoms with Crippen LogP contribution in [0.5, 0.6) is 0 Å². The Balaban J connectivity index is 1.96. The molecule has 0 atom stereocenters. The maximum atomic E-state index is 11.0. The number of ether oxygens (including phenoxy) is 1. The number of Topliss-reactive ketones (excluding diaryl/α,β-unsaturated/α-hetero) is 1. The quantitative estimate of drug-likeness (QED) is 0.422. The molecule has 0 aliphatic carbocycles. The predicted octanol–water partition coefficient (Wildman–Crippen LogP) is 0.493. The third-order valence-electron chi connectivity index (χ3n) is 2.49. The first-order valence-electron chi connectivity index (χ1n) is 5.18. The average Bonchev–Trinajstić information content (AvgIpc) is 2.78. The normalized spacial score (nSPS) is 17.2. The van der Waals surface area contributed by atoms with Crippen molar-refractivity contribution in [2.45, 2.75) is 6.54 Å². The number of rotatable bonds is 4. The first kappa shape index (κ1) is 11.0. The van der Waals surface area contributed by atoms with Crippen LogP contribution in [0.15, 0.2) is 16.5 Å². The average molecular weight is 223 g/mol. The Morgan fingerprint density at radius 2 is 2.12 bits per heavy atom. The second-order valence-corrected chi connectivity index (χ2v) is 3.64. The summed E-state index contributed by atoms with van der Waals surface area (Å²) >= 11 is 0. The molecule has 1 fully saturated rings. The van der Waals surface area contributed by atoms with Gasteiger partial charge in [-0.05, 0) is 12.1 Å². The van der Waals surface area contributed by atoms with Crippen LogP contribution in [0.25, 0.3) is 0 Å². The van der Waals surface area contributed by atoms with Gasteiger partial charge in [0.1, 0.15) is 5.76 Å². The molecule has 1 aliphatic rings. The van der Waals surface area contributed by atoms with Gasteiger partial charge in [-0.2, -0.15) is 0 Å². The molecule has 0 N–H and O–H groups in total. The van der Waals surface area contributed by atoms with Gasteiger partial charge in [-0.15, -0.1) is 0 Å². The van der Waals surface area contributed by atoms with E-state index < -0.39 is 5.78 Å². The van der Waals surface area contributed by atoms with E-state index in [4.69, 9.17) is 9.15 Å². The summed E-state index contributed by atoms with van der Waals surface area (Å²) in [6, 6.07) is 3.26. The maximum Gasteiger partial charge on any atom is 0.260 e. The second kappa shape index (κ2) is 5.05. The summed E-state index contributed by atoms with van der Waals surface area (Å²) in [5.41, 5.74) is 0. The molecule has 5 nitrogen and oxygen atoms in total. The topological polar surface area (TPSA) is 59.8 Å². The molecule has 0 radical (unpaired) electrons. The highest BCUT2D eigenvalue weighted by molar-refractivity contribution is 6.32. The smallest absolute Gasteiger partial charge is 0.260 e. The van der Waals surface area contributed by atoms with Gasteiger partial charge in [0.15, 0.2) is 12.0 Å². The zero-order valence-electron chi connectivity index (χ0n) is 8.85. The molecule has 0 amide bonds. The Hall–Kier alpha value is -1.46. The van der Waals surface area contributed by atoms with Crippen LogP contribution in [0, 0.1) is 0 Å². The number of aldehydes is 1. The lowest BCUT2D eigenvalue weighted by Crippen LogP contribution is -2.35. The fraction of sp³-hybridized carbons (Fsp3) is 0.455. The highest BCUT2D eigenvalue weighted by Crippen LogP contribution is 2.11. The summed E-state index contributed by atoms with van der Waals surface area (Å²) in [4.78, 5) is 23.5. The van der Waals surface area contributed by atoms with Crippen molar-refractivity contribution in [2.75, 3.05) is 26.3 Å². The van der Waals surface area contributed by atoms with Crippen LogP contribution in [0.2, 0.25) is 0 Å². The number of morpholine rings is 1. The minimum atomic E-state index is -0.617. The van der Waals surface area contributed by atoms with Gasteiger partial charge in [-0.25, -0.2) is 0 Å². The third kappa shape index (κ3) is 2.56. The van der Waals surface area contributed by atoms with Gasteiger partial charge < -0.3 is 9.15 Å². The largest absolute Gasteiger partial charge is 0.456 e. The standard InChI is InChI=1S/C11H13NO4/c13-8-10(14)11-2-1-9(16-11)7-12-3-5-15-6-4-12/h1-2,8H,3-7H2. The molecule has 0 unspecified atom stereocenters. The minimum absolute atomic E-state index is 0.109. The van der Waals surface area contributed by atoms with Crippen molar-refractivity contribution in [1.82, 2.24) is 4.90 Å². The van der Waals surface area contributed by atoms with E-state index in [1.807, 2.05) is 0 Å². The monoisotopic (exact) mass is 223 g/mol.